The lowest BCUT2D eigenvalue weighted by atomic mass is 9.84. The average Bonchev–Trinajstić information content (AvgIpc) is 2.90. The van der Waals surface area contributed by atoms with Gasteiger partial charge in [-0.25, -0.2) is 0 Å². The number of rotatable bonds is 6. The summed E-state index contributed by atoms with van der Waals surface area (Å²) in [5.41, 5.74) is 24.0. The van der Waals surface area contributed by atoms with E-state index >= 15 is 0 Å². The zero-order valence-corrected chi connectivity index (χ0v) is 23.4. The van der Waals surface area contributed by atoms with Crippen LogP contribution in [0.4, 0.5) is 0 Å². The van der Waals surface area contributed by atoms with E-state index < -0.39 is 121 Å². The van der Waals surface area contributed by atoms with E-state index in [-0.39, 0.29) is 12.8 Å². The number of nitrogens with one attached hydrogen (secondary N) is 1. The predicted molar refractivity (Wildman–Crippen MR) is 137 cm³/mol. The lowest BCUT2D eigenvalue weighted by Gasteiger charge is -2.51. The maximum atomic E-state index is 11.1. The summed E-state index contributed by atoms with van der Waals surface area (Å²) in [6.45, 7) is -0.508. The summed E-state index contributed by atoms with van der Waals surface area (Å²) in [6.07, 6.45) is -13.7. The van der Waals surface area contributed by atoms with Gasteiger partial charge in [0.05, 0.1) is 36.9 Å². The molecule has 3 saturated heterocycles. The topological polar surface area (TPSA) is 358 Å². The van der Waals surface area contributed by atoms with Crippen LogP contribution in [0.2, 0.25) is 0 Å². The summed E-state index contributed by atoms with van der Waals surface area (Å²) in [5, 5.41) is 64.7. The number of aliphatic hydroxyl groups excluding tert-OH is 6. The molecule has 3 heterocycles. The summed E-state index contributed by atoms with van der Waals surface area (Å²) in [7, 11) is -3.11. The highest BCUT2D eigenvalue weighted by Crippen LogP contribution is 2.35. The maximum absolute atomic E-state index is 11.1. The molecular formula is C21H43N5O15S. The van der Waals surface area contributed by atoms with Crippen LogP contribution in [0.5, 0.6) is 0 Å². The van der Waals surface area contributed by atoms with Gasteiger partial charge in [-0.3, -0.25) is 9.11 Å². The molecule has 0 spiro atoms. The van der Waals surface area contributed by atoms with Crippen LogP contribution in [0.3, 0.4) is 0 Å². The summed E-state index contributed by atoms with van der Waals surface area (Å²) < 4.78 is 60.8. The number of hydrogen-bond acceptors (Lipinski definition) is 18. The second-order valence-electron chi connectivity index (χ2n) is 10.7. The van der Waals surface area contributed by atoms with Crippen LogP contribution in [-0.2, 0) is 34.1 Å². The van der Waals surface area contributed by atoms with Gasteiger partial charge in [-0.05, 0) is 19.9 Å². The van der Waals surface area contributed by atoms with Crippen LogP contribution in [0, 0.1) is 0 Å². The normalized spacial score (nSPS) is 49.9. The van der Waals surface area contributed by atoms with Crippen molar-refractivity contribution < 1.29 is 71.8 Å². The van der Waals surface area contributed by atoms with Crippen LogP contribution >= 0.6 is 0 Å². The molecule has 17 atom stereocenters. The number of likely N-dealkylation sites (N-methyl/N-ethyl adjacent to an activating group) is 1. The molecule has 1 saturated carbocycles. The molecule has 4 aliphatic rings. The fraction of sp³-hybridized carbons (Fsp3) is 1.00. The van der Waals surface area contributed by atoms with Crippen molar-refractivity contribution in [3.8, 4) is 0 Å². The third-order valence-corrected chi connectivity index (χ3v) is 7.74. The first-order chi connectivity index (χ1) is 19.5. The van der Waals surface area contributed by atoms with Gasteiger partial charge in [0.25, 0.3) is 0 Å². The number of hydrogen-bond donors (Lipinski definition) is 13. The number of aliphatic hydroxyl groups is 6. The molecular weight excluding hydrogens is 594 g/mol. The van der Waals surface area contributed by atoms with E-state index in [2.05, 4.69) is 5.32 Å². The molecule has 0 amide bonds. The Balaban J connectivity index is 0.000000892. The smallest absolute Gasteiger partial charge is 0.394 e. The summed E-state index contributed by atoms with van der Waals surface area (Å²) in [6, 6.07) is -4.05. The monoisotopic (exact) mass is 637 g/mol. The van der Waals surface area contributed by atoms with Gasteiger partial charge in [-0.15, -0.1) is 0 Å². The Morgan fingerprint density at radius 3 is 1.95 bits per heavy atom. The second-order valence-corrected chi connectivity index (χ2v) is 11.6. The molecule has 3 aliphatic heterocycles. The Hall–Kier alpha value is -0.770. The largest absolute Gasteiger partial charge is 0.394 e. The first kappa shape index (κ1) is 35.7. The van der Waals surface area contributed by atoms with Gasteiger partial charge in [0.15, 0.2) is 18.9 Å². The van der Waals surface area contributed by atoms with E-state index in [4.69, 9.17) is 64.1 Å². The van der Waals surface area contributed by atoms with Crippen LogP contribution < -0.4 is 28.3 Å². The first-order valence-electron chi connectivity index (χ1n) is 13.2. The summed E-state index contributed by atoms with van der Waals surface area (Å²) in [5.74, 6) is 0. The van der Waals surface area contributed by atoms with E-state index in [1.807, 2.05) is 0 Å². The Morgan fingerprint density at radius 2 is 1.38 bits per heavy atom. The molecule has 0 aromatic heterocycles. The number of fused-ring (bicyclic) bond motifs is 1. The lowest BCUT2D eigenvalue weighted by molar-refractivity contribution is -0.373. The Kier molecular flexibility index (Phi) is 12.4. The molecule has 0 unspecified atom stereocenters. The standard InChI is InChI=1S/C21H41N5O11.H2O4S/c1-26-11-14(30)18-8(33-20(11)37-21-16(32)13(29)10(25)9(4-27)34-21)3-7(24)19(36-18)35-17-6(23)2-5(22)12(28)15(17)31;1-5(2,3)4/h5-21,26-32H,2-4,22-25H2,1H3;(H2,1,2,3,4)/t5-,6+,7-,8+,9-,10-,11-,12+,13+,14-,15+,16-,17-,18-,19+,20-,21+;/m1./s1. The third-order valence-electron chi connectivity index (χ3n) is 7.74. The van der Waals surface area contributed by atoms with Crippen molar-refractivity contribution in [1.29, 1.82) is 0 Å². The quantitative estimate of drug-likeness (QED) is 0.120. The SMILES string of the molecule is CN[C@H]1[C@@H](O[C@@H]2O[C@H](CO)[C@@H](N)[C@H](O)[C@H]2O)O[C@H]2C[C@@H](N)[C@@H](O[C@H]3[C@@H](O)[C@@H](O)[C@H](N)C[C@@H]3N)O[C@H]2[C@@H]1O.O=S(=O)(O)O. The molecule has 0 bridgehead atoms. The van der Waals surface area contributed by atoms with Gasteiger partial charge in [0.2, 0.25) is 0 Å². The molecule has 4 rings (SSSR count). The van der Waals surface area contributed by atoms with Crippen molar-refractivity contribution in [2.75, 3.05) is 13.7 Å². The number of nitrogens with two attached hydrogens (primary N) is 4. The van der Waals surface area contributed by atoms with E-state index in [1.165, 1.54) is 0 Å². The molecule has 1 aliphatic carbocycles. The van der Waals surface area contributed by atoms with Crippen molar-refractivity contribution in [1.82, 2.24) is 5.32 Å². The minimum Gasteiger partial charge on any atom is -0.394 e. The summed E-state index contributed by atoms with van der Waals surface area (Å²) >= 11 is 0. The van der Waals surface area contributed by atoms with E-state index in [1.54, 1.807) is 7.05 Å². The molecule has 4 fully saturated rings. The lowest BCUT2D eigenvalue weighted by Crippen LogP contribution is -2.70. The van der Waals surface area contributed by atoms with Crippen molar-refractivity contribution >= 4 is 10.4 Å². The van der Waals surface area contributed by atoms with Gasteiger partial charge in [0, 0.05) is 12.1 Å². The third kappa shape index (κ3) is 8.28. The molecule has 0 radical (unpaired) electrons. The molecule has 42 heavy (non-hydrogen) atoms. The van der Waals surface area contributed by atoms with Gasteiger partial charge < -0.3 is 82.6 Å². The van der Waals surface area contributed by atoms with Crippen molar-refractivity contribution in [2.24, 2.45) is 22.9 Å². The van der Waals surface area contributed by atoms with E-state index in [0.717, 1.165) is 0 Å². The van der Waals surface area contributed by atoms with Gasteiger partial charge in [-0.2, -0.15) is 8.42 Å². The highest BCUT2D eigenvalue weighted by Gasteiger charge is 2.54. The zero-order chi connectivity index (χ0) is 31.7. The van der Waals surface area contributed by atoms with Crippen LogP contribution in [0.15, 0.2) is 0 Å². The van der Waals surface area contributed by atoms with Crippen LogP contribution in [0.1, 0.15) is 12.8 Å². The van der Waals surface area contributed by atoms with E-state index in [9.17, 15) is 30.6 Å². The molecule has 0 aromatic rings. The van der Waals surface area contributed by atoms with Crippen molar-refractivity contribution in [3.05, 3.63) is 0 Å². The van der Waals surface area contributed by atoms with Crippen LogP contribution in [0.25, 0.3) is 0 Å². The van der Waals surface area contributed by atoms with Gasteiger partial charge in [0.1, 0.15) is 42.7 Å². The zero-order valence-electron chi connectivity index (χ0n) is 22.6. The van der Waals surface area contributed by atoms with Crippen molar-refractivity contribution in [2.45, 2.75) is 117 Å². The molecule has 0 aromatic carbocycles. The predicted octanol–water partition coefficient (Wildman–Crippen LogP) is -7.60. The van der Waals surface area contributed by atoms with Crippen LogP contribution in [-0.4, -0.2) is 166 Å². The first-order valence-corrected chi connectivity index (χ1v) is 14.6. The molecule has 20 nitrogen and oxygen atoms in total. The Bertz CT molecular complexity index is 960. The average molecular weight is 638 g/mol. The molecule has 248 valence electrons. The Morgan fingerprint density at radius 1 is 0.762 bits per heavy atom. The fourth-order valence-corrected chi connectivity index (χ4v) is 5.46. The highest BCUT2D eigenvalue weighted by molar-refractivity contribution is 7.79. The van der Waals surface area contributed by atoms with Gasteiger partial charge in [-0.1, -0.05) is 0 Å². The maximum Gasteiger partial charge on any atom is 0.394 e. The van der Waals surface area contributed by atoms with Crippen molar-refractivity contribution in [3.63, 3.8) is 0 Å². The number of ether oxygens (including phenoxy) is 5. The molecule has 17 N–H and O–H groups in total. The highest BCUT2D eigenvalue weighted by atomic mass is 32.3. The van der Waals surface area contributed by atoms with E-state index in [0.29, 0.717) is 0 Å². The minimum atomic E-state index is -4.67. The van der Waals surface area contributed by atoms with Gasteiger partial charge >= 0.3 is 10.4 Å². The summed E-state index contributed by atoms with van der Waals surface area (Å²) in [4.78, 5) is 0. The molecule has 21 heteroatoms. The second kappa shape index (κ2) is 14.6. The minimum absolute atomic E-state index is 0.156. The Labute approximate surface area is 241 Å². The fourth-order valence-electron chi connectivity index (χ4n) is 5.46.